The first-order valence-electron chi connectivity index (χ1n) is 6.49. The Balaban J connectivity index is 2.24. The Morgan fingerprint density at radius 1 is 1.37 bits per heavy atom. The van der Waals surface area contributed by atoms with Gasteiger partial charge in [-0.2, -0.15) is 0 Å². The molecule has 0 spiro atoms. The van der Waals surface area contributed by atoms with Crippen molar-refractivity contribution in [2.45, 2.75) is 24.7 Å². The first kappa shape index (κ1) is 16.0. The minimum Gasteiger partial charge on any atom is -0.356 e. The number of halogens is 1. The summed E-state index contributed by atoms with van der Waals surface area (Å²) in [6, 6.07) is 6.32. The van der Waals surface area contributed by atoms with Crippen molar-refractivity contribution in [2.75, 3.05) is 18.8 Å². The maximum atomic E-state index is 12.7. The fourth-order valence-corrected chi connectivity index (χ4v) is 2.41. The zero-order valence-corrected chi connectivity index (χ0v) is 12.0. The van der Waals surface area contributed by atoms with E-state index in [1.165, 1.54) is 12.1 Å². The van der Waals surface area contributed by atoms with Crippen molar-refractivity contribution >= 4 is 17.7 Å². The summed E-state index contributed by atoms with van der Waals surface area (Å²) >= 11 is 1.56. The highest BCUT2D eigenvalue weighted by atomic mass is 32.2. The highest BCUT2D eigenvalue weighted by Crippen LogP contribution is 2.20. The molecule has 0 radical (unpaired) electrons. The summed E-state index contributed by atoms with van der Waals surface area (Å²) in [6.07, 6.45) is 1.85. The van der Waals surface area contributed by atoms with Gasteiger partial charge in [0.05, 0.1) is 0 Å². The van der Waals surface area contributed by atoms with Crippen molar-refractivity contribution in [1.82, 2.24) is 5.32 Å². The minimum atomic E-state index is -0.241. The lowest BCUT2D eigenvalue weighted by atomic mass is 10.2. The van der Waals surface area contributed by atoms with Crippen LogP contribution in [0.3, 0.4) is 0 Å². The van der Waals surface area contributed by atoms with Crippen LogP contribution in [0.25, 0.3) is 0 Å². The number of carbonyl (C=O) groups excluding carboxylic acids is 1. The molecular formula is C14H21FN2OS. The second-order valence-corrected chi connectivity index (χ2v) is 5.55. The predicted molar refractivity (Wildman–Crippen MR) is 77.6 cm³/mol. The molecule has 1 unspecified atom stereocenters. The predicted octanol–water partition coefficient (Wildman–Crippen LogP) is 2.41. The molecule has 5 heteroatoms. The van der Waals surface area contributed by atoms with Gasteiger partial charge in [0.2, 0.25) is 5.91 Å². The van der Waals surface area contributed by atoms with E-state index in [4.69, 9.17) is 5.73 Å². The standard InChI is InChI=1S/C14H21FN2OS/c1-11(14(18)17-9-3-2-8-16)10-19-13-6-4-12(15)5-7-13/h4-7,11H,2-3,8-10,16H2,1H3,(H,17,18). The number of benzene rings is 1. The lowest BCUT2D eigenvalue weighted by molar-refractivity contribution is -0.123. The molecule has 0 bridgehead atoms. The molecular weight excluding hydrogens is 263 g/mol. The number of unbranched alkanes of at least 4 members (excludes halogenated alkanes) is 1. The lowest BCUT2D eigenvalue weighted by Crippen LogP contribution is -2.31. The van der Waals surface area contributed by atoms with Crippen molar-refractivity contribution in [3.8, 4) is 0 Å². The summed E-state index contributed by atoms with van der Waals surface area (Å²) in [5.74, 6) is 0.448. The number of hydrogen-bond donors (Lipinski definition) is 2. The van der Waals surface area contributed by atoms with Crippen LogP contribution in [0.5, 0.6) is 0 Å². The maximum Gasteiger partial charge on any atom is 0.223 e. The zero-order chi connectivity index (χ0) is 14.1. The first-order chi connectivity index (χ1) is 9.13. The van der Waals surface area contributed by atoms with E-state index < -0.39 is 0 Å². The summed E-state index contributed by atoms with van der Waals surface area (Å²) in [7, 11) is 0. The van der Waals surface area contributed by atoms with Crippen LogP contribution >= 0.6 is 11.8 Å². The van der Waals surface area contributed by atoms with Gasteiger partial charge in [-0.25, -0.2) is 4.39 Å². The van der Waals surface area contributed by atoms with Gasteiger partial charge in [-0.1, -0.05) is 6.92 Å². The Kier molecular flexibility index (Phi) is 7.52. The van der Waals surface area contributed by atoms with Gasteiger partial charge in [0.15, 0.2) is 0 Å². The zero-order valence-electron chi connectivity index (χ0n) is 11.2. The summed E-state index contributed by atoms with van der Waals surface area (Å²) < 4.78 is 12.7. The summed E-state index contributed by atoms with van der Waals surface area (Å²) in [4.78, 5) is 12.7. The van der Waals surface area contributed by atoms with Crippen LogP contribution in [0.1, 0.15) is 19.8 Å². The number of rotatable bonds is 8. The Hall–Kier alpha value is -1.07. The summed E-state index contributed by atoms with van der Waals surface area (Å²) in [6.45, 7) is 3.24. The number of thioether (sulfide) groups is 1. The van der Waals surface area contributed by atoms with Gasteiger partial charge in [-0.05, 0) is 43.7 Å². The number of carbonyl (C=O) groups is 1. The van der Waals surface area contributed by atoms with Gasteiger partial charge in [-0.3, -0.25) is 4.79 Å². The minimum absolute atomic E-state index is 0.0617. The first-order valence-corrected chi connectivity index (χ1v) is 7.48. The fourth-order valence-electron chi connectivity index (χ4n) is 1.48. The molecule has 0 heterocycles. The van der Waals surface area contributed by atoms with Crippen molar-refractivity contribution < 1.29 is 9.18 Å². The van der Waals surface area contributed by atoms with Crippen molar-refractivity contribution in [3.05, 3.63) is 30.1 Å². The van der Waals surface area contributed by atoms with E-state index in [2.05, 4.69) is 5.32 Å². The fraction of sp³-hybridized carbons (Fsp3) is 0.500. The topological polar surface area (TPSA) is 55.1 Å². The molecule has 3 nitrogen and oxygen atoms in total. The second-order valence-electron chi connectivity index (χ2n) is 4.45. The molecule has 1 rings (SSSR count). The van der Waals surface area contributed by atoms with E-state index in [1.807, 2.05) is 6.92 Å². The van der Waals surface area contributed by atoms with E-state index in [1.54, 1.807) is 23.9 Å². The molecule has 0 fully saturated rings. The average Bonchev–Trinajstić information content (AvgIpc) is 2.42. The average molecular weight is 284 g/mol. The third-order valence-electron chi connectivity index (χ3n) is 2.69. The summed E-state index contributed by atoms with van der Waals surface area (Å²) in [5.41, 5.74) is 5.39. The van der Waals surface area contributed by atoms with Crippen LogP contribution < -0.4 is 11.1 Å². The smallest absolute Gasteiger partial charge is 0.223 e. The van der Waals surface area contributed by atoms with E-state index in [0.717, 1.165) is 17.7 Å². The number of hydrogen-bond acceptors (Lipinski definition) is 3. The Morgan fingerprint density at radius 2 is 2.05 bits per heavy atom. The van der Waals surface area contributed by atoms with Crippen molar-refractivity contribution in [2.24, 2.45) is 11.7 Å². The highest BCUT2D eigenvalue weighted by molar-refractivity contribution is 7.99. The number of nitrogens with two attached hydrogens (primary N) is 1. The van der Waals surface area contributed by atoms with Crippen LogP contribution in [0.4, 0.5) is 4.39 Å². The van der Waals surface area contributed by atoms with Crippen LogP contribution in [0.2, 0.25) is 0 Å². The molecule has 0 aromatic heterocycles. The van der Waals surface area contributed by atoms with Crippen molar-refractivity contribution in [1.29, 1.82) is 0 Å². The van der Waals surface area contributed by atoms with Gasteiger partial charge in [0, 0.05) is 23.1 Å². The molecule has 106 valence electrons. The van der Waals surface area contributed by atoms with Gasteiger partial charge >= 0.3 is 0 Å². The molecule has 0 saturated heterocycles. The van der Waals surface area contributed by atoms with E-state index >= 15 is 0 Å². The monoisotopic (exact) mass is 284 g/mol. The molecule has 1 aromatic rings. The van der Waals surface area contributed by atoms with Crippen LogP contribution in [0.15, 0.2) is 29.2 Å². The molecule has 19 heavy (non-hydrogen) atoms. The van der Waals surface area contributed by atoms with E-state index in [9.17, 15) is 9.18 Å². The normalized spacial score (nSPS) is 12.2. The largest absolute Gasteiger partial charge is 0.356 e. The lowest BCUT2D eigenvalue weighted by Gasteiger charge is -2.11. The quantitative estimate of drug-likeness (QED) is 0.569. The van der Waals surface area contributed by atoms with Crippen LogP contribution in [0, 0.1) is 11.7 Å². The van der Waals surface area contributed by atoms with Gasteiger partial charge < -0.3 is 11.1 Å². The SMILES string of the molecule is CC(CSc1ccc(F)cc1)C(=O)NCCCCN. The maximum absolute atomic E-state index is 12.7. The van der Waals surface area contributed by atoms with E-state index in [-0.39, 0.29) is 17.6 Å². The Labute approximate surface area is 118 Å². The van der Waals surface area contributed by atoms with Crippen LogP contribution in [-0.2, 0) is 4.79 Å². The van der Waals surface area contributed by atoms with E-state index in [0.29, 0.717) is 18.8 Å². The van der Waals surface area contributed by atoms with Gasteiger partial charge in [0.25, 0.3) is 0 Å². The molecule has 1 atom stereocenters. The molecule has 3 N–H and O–H groups in total. The summed E-state index contributed by atoms with van der Waals surface area (Å²) in [5, 5.41) is 2.89. The third kappa shape index (κ3) is 6.59. The Morgan fingerprint density at radius 3 is 2.68 bits per heavy atom. The van der Waals surface area contributed by atoms with Crippen LogP contribution in [-0.4, -0.2) is 24.7 Å². The molecule has 1 amide bonds. The molecule has 0 saturated carbocycles. The van der Waals surface area contributed by atoms with Gasteiger partial charge in [0.1, 0.15) is 5.82 Å². The number of nitrogens with one attached hydrogen (secondary N) is 1. The van der Waals surface area contributed by atoms with Crippen molar-refractivity contribution in [3.63, 3.8) is 0 Å². The molecule has 1 aromatic carbocycles. The van der Waals surface area contributed by atoms with Gasteiger partial charge in [-0.15, -0.1) is 11.8 Å². The number of amides is 1. The third-order valence-corrected chi connectivity index (χ3v) is 3.96. The molecule has 0 aliphatic rings. The molecule has 0 aliphatic heterocycles. The second kappa shape index (κ2) is 8.93. The Bertz CT molecular complexity index is 384. The molecule has 0 aliphatic carbocycles. The highest BCUT2D eigenvalue weighted by Gasteiger charge is 2.12.